The summed E-state index contributed by atoms with van der Waals surface area (Å²) < 4.78 is 0. The van der Waals surface area contributed by atoms with Crippen LogP contribution in [0.15, 0.2) is 59.5 Å². The van der Waals surface area contributed by atoms with Crippen molar-refractivity contribution in [3.8, 4) is 0 Å². The van der Waals surface area contributed by atoms with E-state index in [2.05, 4.69) is 5.32 Å². The van der Waals surface area contributed by atoms with Gasteiger partial charge in [-0.3, -0.25) is 19.3 Å². The fraction of sp³-hybridized carbons (Fsp3) is 0.190. The van der Waals surface area contributed by atoms with Crippen LogP contribution in [0.25, 0.3) is 6.08 Å². The van der Waals surface area contributed by atoms with E-state index in [1.54, 1.807) is 30.3 Å². The second-order valence-corrected chi connectivity index (χ2v) is 7.89. The molecule has 1 saturated heterocycles. The van der Waals surface area contributed by atoms with Gasteiger partial charge in [0.15, 0.2) is 0 Å². The molecule has 1 fully saturated rings. The second-order valence-electron chi connectivity index (χ2n) is 6.46. The minimum absolute atomic E-state index is 0.230. The van der Waals surface area contributed by atoms with Crippen LogP contribution in [0, 0.1) is 0 Å². The van der Waals surface area contributed by atoms with Gasteiger partial charge in [0.1, 0.15) is 6.54 Å². The minimum atomic E-state index is -0.529. The van der Waals surface area contributed by atoms with Gasteiger partial charge in [0.05, 0.1) is 17.6 Å². The van der Waals surface area contributed by atoms with Gasteiger partial charge in [0, 0.05) is 5.02 Å². The van der Waals surface area contributed by atoms with E-state index < -0.39 is 29.6 Å². The van der Waals surface area contributed by atoms with Gasteiger partial charge in [-0.25, -0.2) is 0 Å². The Morgan fingerprint density at radius 2 is 1.93 bits per heavy atom. The first-order valence-electron chi connectivity index (χ1n) is 8.91. The average molecular weight is 431 g/mol. The number of nitrogens with one attached hydrogen (secondary N) is 1. The molecule has 0 saturated carbocycles. The van der Waals surface area contributed by atoms with Crippen molar-refractivity contribution >= 4 is 46.5 Å². The number of nitrogens with zero attached hydrogens (tertiary/aromatic N) is 1. The maximum Gasteiger partial charge on any atom is 0.294 e. The molecule has 0 unspecified atom stereocenters. The zero-order valence-corrected chi connectivity index (χ0v) is 16.9. The van der Waals surface area contributed by atoms with Crippen molar-refractivity contribution in [2.75, 3.05) is 13.2 Å². The van der Waals surface area contributed by atoms with Crippen LogP contribution in [0.5, 0.6) is 0 Å². The number of hydrogen-bond donors (Lipinski definition) is 2. The summed E-state index contributed by atoms with van der Waals surface area (Å²) in [6, 6.07) is 15.8. The van der Waals surface area contributed by atoms with Gasteiger partial charge in [-0.05, 0) is 47.5 Å². The number of halogens is 1. The van der Waals surface area contributed by atoms with Gasteiger partial charge in [-0.2, -0.15) is 0 Å². The molecule has 6 nitrogen and oxygen atoms in total. The third-order valence-electron chi connectivity index (χ3n) is 4.23. The summed E-state index contributed by atoms with van der Waals surface area (Å²) in [5, 5.41) is 12.2. The van der Waals surface area contributed by atoms with Crippen molar-refractivity contribution in [1.29, 1.82) is 0 Å². The first-order chi connectivity index (χ1) is 14.0. The fourth-order valence-corrected chi connectivity index (χ4v) is 3.90. The Bertz CT molecular complexity index is 949. The molecule has 1 atom stereocenters. The highest BCUT2D eigenvalue weighted by atomic mass is 35.5. The standard InChI is InChI=1S/C21H19ClN2O4S/c22-16-8-4-7-15(9-16)11-18-20(27)24(21(28)29-18)12-19(26)23-17(13-25)10-14-5-2-1-3-6-14/h1-9,11,17,25H,10,12-13H2,(H,23,26)/b18-11-/t17-/m1/s1. The average Bonchev–Trinajstić information content (AvgIpc) is 2.95. The van der Waals surface area contributed by atoms with Crippen molar-refractivity contribution in [2.24, 2.45) is 0 Å². The highest BCUT2D eigenvalue weighted by Gasteiger charge is 2.36. The molecule has 2 aromatic carbocycles. The Kier molecular flexibility index (Phi) is 7.09. The zero-order valence-electron chi connectivity index (χ0n) is 15.4. The topological polar surface area (TPSA) is 86.7 Å². The largest absolute Gasteiger partial charge is 0.394 e. The smallest absolute Gasteiger partial charge is 0.294 e. The number of aliphatic hydroxyl groups is 1. The third kappa shape index (κ3) is 5.69. The van der Waals surface area contributed by atoms with Crippen LogP contribution in [0.4, 0.5) is 4.79 Å². The molecule has 0 bridgehead atoms. The molecule has 2 aromatic rings. The molecule has 0 aliphatic carbocycles. The van der Waals surface area contributed by atoms with E-state index >= 15 is 0 Å². The molecule has 1 aliphatic heterocycles. The lowest BCUT2D eigenvalue weighted by Crippen LogP contribution is -2.45. The second kappa shape index (κ2) is 9.73. The Hall–Kier alpha value is -2.61. The monoisotopic (exact) mass is 430 g/mol. The van der Waals surface area contributed by atoms with E-state index in [0.717, 1.165) is 22.2 Å². The van der Waals surface area contributed by atoms with Crippen molar-refractivity contribution in [3.63, 3.8) is 0 Å². The number of carbonyl (C=O) groups excluding carboxylic acids is 3. The third-order valence-corrected chi connectivity index (χ3v) is 5.37. The Balaban J connectivity index is 1.62. The number of aliphatic hydroxyl groups excluding tert-OH is 1. The number of thioether (sulfide) groups is 1. The van der Waals surface area contributed by atoms with E-state index in [-0.39, 0.29) is 11.5 Å². The normalized spacial score (nSPS) is 16.3. The highest BCUT2D eigenvalue weighted by molar-refractivity contribution is 8.18. The van der Waals surface area contributed by atoms with Gasteiger partial charge >= 0.3 is 0 Å². The van der Waals surface area contributed by atoms with Crippen LogP contribution in [-0.4, -0.2) is 46.3 Å². The van der Waals surface area contributed by atoms with E-state index in [4.69, 9.17) is 11.6 Å². The molecule has 1 aliphatic rings. The quantitative estimate of drug-likeness (QED) is 0.659. The molecule has 150 valence electrons. The van der Waals surface area contributed by atoms with Gasteiger partial charge in [-0.1, -0.05) is 54.1 Å². The molecular formula is C21H19ClN2O4S. The molecule has 0 aromatic heterocycles. The van der Waals surface area contributed by atoms with Crippen LogP contribution in [0.3, 0.4) is 0 Å². The van der Waals surface area contributed by atoms with Crippen LogP contribution < -0.4 is 5.32 Å². The van der Waals surface area contributed by atoms with Crippen LogP contribution in [0.1, 0.15) is 11.1 Å². The van der Waals surface area contributed by atoms with Crippen LogP contribution in [-0.2, 0) is 16.0 Å². The SMILES string of the molecule is O=C(CN1C(=O)S/C(=C\c2cccc(Cl)c2)C1=O)N[C@@H](CO)Cc1ccccc1. The molecule has 29 heavy (non-hydrogen) atoms. The van der Waals surface area contributed by atoms with E-state index in [9.17, 15) is 19.5 Å². The predicted molar refractivity (Wildman–Crippen MR) is 113 cm³/mol. The predicted octanol–water partition coefficient (Wildman–Crippen LogP) is 3.10. The van der Waals surface area contributed by atoms with Crippen LogP contribution in [0.2, 0.25) is 5.02 Å². The molecular weight excluding hydrogens is 412 g/mol. The van der Waals surface area contributed by atoms with E-state index in [0.29, 0.717) is 17.0 Å². The van der Waals surface area contributed by atoms with Gasteiger partial charge in [0.25, 0.3) is 11.1 Å². The first kappa shape index (κ1) is 21.1. The fourth-order valence-electron chi connectivity index (χ4n) is 2.86. The van der Waals surface area contributed by atoms with Crippen molar-refractivity contribution in [1.82, 2.24) is 10.2 Å². The van der Waals surface area contributed by atoms with Gasteiger partial charge < -0.3 is 10.4 Å². The van der Waals surface area contributed by atoms with E-state index in [1.165, 1.54) is 0 Å². The minimum Gasteiger partial charge on any atom is -0.394 e. The molecule has 3 rings (SSSR count). The van der Waals surface area contributed by atoms with E-state index in [1.807, 2.05) is 30.3 Å². The van der Waals surface area contributed by atoms with Crippen molar-refractivity contribution < 1.29 is 19.5 Å². The Labute approximate surface area is 177 Å². The lowest BCUT2D eigenvalue weighted by Gasteiger charge is -2.18. The maximum absolute atomic E-state index is 12.5. The lowest BCUT2D eigenvalue weighted by atomic mass is 10.1. The Morgan fingerprint density at radius 3 is 2.62 bits per heavy atom. The molecule has 2 N–H and O–H groups in total. The maximum atomic E-state index is 12.5. The summed E-state index contributed by atoms with van der Waals surface area (Å²) in [5.41, 5.74) is 1.65. The summed E-state index contributed by atoms with van der Waals surface area (Å²) in [5.74, 6) is -1.04. The number of benzene rings is 2. The summed E-state index contributed by atoms with van der Waals surface area (Å²) in [6.45, 7) is -0.653. The zero-order chi connectivity index (χ0) is 20.8. The van der Waals surface area contributed by atoms with Gasteiger partial charge in [-0.15, -0.1) is 0 Å². The van der Waals surface area contributed by atoms with Crippen molar-refractivity contribution in [2.45, 2.75) is 12.5 Å². The number of imide groups is 1. The highest BCUT2D eigenvalue weighted by Crippen LogP contribution is 2.32. The Morgan fingerprint density at radius 1 is 1.17 bits per heavy atom. The number of amides is 3. The first-order valence-corrected chi connectivity index (χ1v) is 10.1. The number of hydrogen-bond acceptors (Lipinski definition) is 5. The van der Waals surface area contributed by atoms with Crippen LogP contribution >= 0.6 is 23.4 Å². The molecule has 1 heterocycles. The summed E-state index contributed by atoms with van der Waals surface area (Å²) >= 11 is 6.72. The summed E-state index contributed by atoms with van der Waals surface area (Å²) in [4.78, 5) is 38.2. The summed E-state index contributed by atoms with van der Waals surface area (Å²) in [6.07, 6.45) is 2.01. The molecule has 0 spiro atoms. The molecule has 0 radical (unpaired) electrons. The summed E-state index contributed by atoms with van der Waals surface area (Å²) in [7, 11) is 0. The van der Waals surface area contributed by atoms with Crippen molar-refractivity contribution in [3.05, 3.63) is 75.7 Å². The number of carbonyl (C=O) groups is 3. The van der Waals surface area contributed by atoms with Gasteiger partial charge in [0.2, 0.25) is 5.91 Å². The molecule has 8 heteroatoms. The number of rotatable bonds is 7. The lowest BCUT2D eigenvalue weighted by molar-refractivity contribution is -0.129. The molecule has 3 amide bonds.